The Morgan fingerprint density at radius 3 is 2.84 bits per heavy atom. The second-order valence-corrected chi connectivity index (χ2v) is 5.70. The number of allylic oxidation sites excluding steroid dienone is 2. The molecule has 0 amide bonds. The van der Waals surface area contributed by atoms with Crippen LogP contribution in [0.1, 0.15) is 5.56 Å². The minimum absolute atomic E-state index is 0.303. The lowest BCUT2D eigenvalue weighted by molar-refractivity contribution is 0.465. The highest BCUT2D eigenvalue weighted by molar-refractivity contribution is 5.80. The van der Waals surface area contributed by atoms with Gasteiger partial charge in [-0.25, -0.2) is 4.98 Å². The van der Waals surface area contributed by atoms with E-state index in [1.165, 1.54) is 12.3 Å². The lowest BCUT2D eigenvalue weighted by atomic mass is 9.99. The third-order valence-electron chi connectivity index (χ3n) is 4.08. The molecule has 1 aliphatic rings. The fourth-order valence-electron chi connectivity index (χ4n) is 2.85. The molecule has 0 radical (unpaired) electrons. The van der Waals surface area contributed by atoms with Gasteiger partial charge in [0.2, 0.25) is 5.43 Å². The van der Waals surface area contributed by atoms with E-state index in [0.717, 1.165) is 28.9 Å². The molecule has 0 unspecified atom stereocenters. The zero-order valence-electron chi connectivity index (χ0n) is 13.3. The number of hydrogen-bond acceptors (Lipinski definition) is 4. The molecule has 25 heavy (non-hydrogen) atoms. The number of fused-ring (bicyclic) bond motifs is 1. The summed E-state index contributed by atoms with van der Waals surface area (Å²) >= 11 is 0. The fourth-order valence-corrected chi connectivity index (χ4v) is 2.85. The maximum Gasteiger partial charge on any atom is 0.223 e. The van der Waals surface area contributed by atoms with Crippen molar-refractivity contribution in [3.63, 3.8) is 0 Å². The molecule has 0 atom stereocenters. The molecule has 4 rings (SSSR count). The summed E-state index contributed by atoms with van der Waals surface area (Å²) in [6.45, 7) is 0. The molecular weight excluding hydrogens is 314 g/mol. The zero-order valence-corrected chi connectivity index (χ0v) is 13.3. The van der Waals surface area contributed by atoms with E-state index >= 15 is 0 Å². The molecule has 0 aliphatic carbocycles. The second-order valence-electron chi connectivity index (χ2n) is 5.70. The zero-order chi connectivity index (χ0) is 17.2. The predicted molar refractivity (Wildman–Crippen MR) is 97.9 cm³/mol. The van der Waals surface area contributed by atoms with Crippen LogP contribution in [0.3, 0.4) is 0 Å². The summed E-state index contributed by atoms with van der Waals surface area (Å²) in [7, 11) is 0. The number of aromatic nitrogens is 2. The van der Waals surface area contributed by atoms with Gasteiger partial charge in [0.05, 0.1) is 17.6 Å². The topological polar surface area (TPSA) is 67.5 Å². The van der Waals surface area contributed by atoms with Crippen LogP contribution in [-0.4, -0.2) is 20.9 Å². The normalized spacial score (nSPS) is 12.6. The number of nitrogens with zero attached hydrogens (tertiary/aromatic N) is 3. The Hall–Kier alpha value is -3.47. The molecule has 122 valence electrons. The molecule has 0 spiro atoms. The van der Waals surface area contributed by atoms with E-state index in [-0.39, 0.29) is 5.75 Å². The molecule has 0 saturated heterocycles. The number of rotatable bonds is 2. The Morgan fingerprint density at radius 2 is 1.96 bits per heavy atom. The standard InChI is InChI=1S/C20H15N3O2/c24-18-10-12-23(13-19(18)25)20-9-4-8-17(22-20)15-6-3-7-16-14(15)5-1-2-11-21-16/h1-4,6-13,25H,5H2. The lowest BCUT2D eigenvalue weighted by Crippen LogP contribution is -2.05. The number of pyridine rings is 2. The molecule has 1 N–H and O–H groups in total. The van der Waals surface area contributed by atoms with Gasteiger partial charge in [0.15, 0.2) is 5.75 Å². The molecular formula is C20H15N3O2. The van der Waals surface area contributed by atoms with Crippen LogP contribution in [0.4, 0.5) is 5.69 Å². The number of benzene rings is 1. The van der Waals surface area contributed by atoms with Gasteiger partial charge in [-0.05, 0) is 36.3 Å². The molecule has 5 nitrogen and oxygen atoms in total. The van der Waals surface area contributed by atoms with Crippen LogP contribution in [0.25, 0.3) is 17.1 Å². The van der Waals surface area contributed by atoms with Crippen molar-refractivity contribution in [2.24, 2.45) is 4.99 Å². The lowest BCUT2D eigenvalue weighted by Gasteiger charge is -2.12. The first-order valence-electron chi connectivity index (χ1n) is 7.92. The SMILES string of the molecule is O=c1ccn(-c2cccc(-c3cccc4c3CC=CC=N4)n2)cc1O. The van der Waals surface area contributed by atoms with Crippen molar-refractivity contribution in [3.05, 3.63) is 82.8 Å². The van der Waals surface area contributed by atoms with Gasteiger partial charge in [0.1, 0.15) is 5.82 Å². The Labute approximate surface area is 144 Å². The summed E-state index contributed by atoms with van der Waals surface area (Å²) in [5.74, 6) is 0.320. The van der Waals surface area contributed by atoms with Gasteiger partial charge in [-0.15, -0.1) is 0 Å². The van der Waals surface area contributed by atoms with Gasteiger partial charge in [-0.3, -0.25) is 9.79 Å². The van der Waals surface area contributed by atoms with Gasteiger partial charge in [0, 0.05) is 24.0 Å². The first kappa shape index (κ1) is 15.1. The Bertz CT molecular complexity index is 1060. The van der Waals surface area contributed by atoms with E-state index in [9.17, 15) is 9.90 Å². The summed E-state index contributed by atoms with van der Waals surface area (Å²) in [6.07, 6.45) is 9.55. The Balaban J connectivity index is 1.83. The van der Waals surface area contributed by atoms with E-state index < -0.39 is 5.43 Å². The van der Waals surface area contributed by atoms with Crippen molar-refractivity contribution in [3.8, 4) is 22.8 Å². The smallest absolute Gasteiger partial charge is 0.223 e. The number of hydrogen-bond donors (Lipinski definition) is 1. The Morgan fingerprint density at radius 1 is 1.08 bits per heavy atom. The van der Waals surface area contributed by atoms with Crippen LogP contribution < -0.4 is 5.43 Å². The summed E-state index contributed by atoms with van der Waals surface area (Å²) in [5, 5.41) is 9.65. The molecule has 0 bridgehead atoms. The fraction of sp³-hybridized carbons (Fsp3) is 0.0500. The van der Waals surface area contributed by atoms with Crippen LogP contribution in [0.2, 0.25) is 0 Å². The number of aromatic hydroxyl groups is 1. The first-order chi connectivity index (χ1) is 12.2. The first-order valence-corrected chi connectivity index (χ1v) is 7.92. The van der Waals surface area contributed by atoms with Crippen molar-refractivity contribution in [1.29, 1.82) is 0 Å². The maximum atomic E-state index is 11.4. The number of aliphatic imine (C=N–C) groups is 1. The summed E-state index contributed by atoms with van der Waals surface area (Å²) in [4.78, 5) is 20.5. The van der Waals surface area contributed by atoms with Crippen molar-refractivity contribution < 1.29 is 5.11 Å². The molecule has 3 heterocycles. The molecule has 3 aromatic rings. The van der Waals surface area contributed by atoms with Gasteiger partial charge in [-0.1, -0.05) is 24.3 Å². The van der Waals surface area contributed by atoms with Crippen molar-refractivity contribution in [2.75, 3.05) is 0 Å². The van der Waals surface area contributed by atoms with E-state index in [2.05, 4.69) is 11.1 Å². The predicted octanol–water partition coefficient (Wildman–Crippen LogP) is 3.42. The summed E-state index contributed by atoms with van der Waals surface area (Å²) in [5.41, 5.74) is 3.49. The van der Waals surface area contributed by atoms with Crippen LogP contribution in [-0.2, 0) is 6.42 Å². The highest BCUT2D eigenvalue weighted by atomic mass is 16.3. The van der Waals surface area contributed by atoms with E-state index in [1.54, 1.807) is 17.0 Å². The maximum absolute atomic E-state index is 11.4. The van der Waals surface area contributed by atoms with Gasteiger partial charge in [-0.2, -0.15) is 0 Å². The van der Waals surface area contributed by atoms with Crippen molar-refractivity contribution >= 4 is 11.9 Å². The molecule has 0 fully saturated rings. The van der Waals surface area contributed by atoms with Crippen LogP contribution in [0.5, 0.6) is 5.75 Å². The Kier molecular flexibility index (Phi) is 3.74. The van der Waals surface area contributed by atoms with Crippen LogP contribution >= 0.6 is 0 Å². The van der Waals surface area contributed by atoms with Crippen molar-refractivity contribution in [1.82, 2.24) is 9.55 Å². The molecule has 0 saturated carbocycles. The highest BCUT2D eigenvalue weighted by Gasteiger charge is 2.12. The molecule has 1 aromatic carbocycles. The van der Waals surface area contributed by atoms with Gasteiger partial charge >= 0.3 is 0 Å². The highest BCUT2D eigenvalue weighted by Crippen LogP contribution is 2.31. The molecule has 2 aromatic heterocycles. The minimum Gasteiger partial charge on any atom is -0.503 e. The van der Waals surface area contributed by atoms with E-state index in [0.29, 0.717) is 5.82 Å². The van der Waals surface area contributed by atoms with Gasteiger partial charge < -0.3 is 9.67 Å². The van der Waals surface area contributed by atoms with E-state index in [4.69, 9.17) is 4.98 Å². The minimum atomic E-state index is -0.412. The van der Waals surface area contributed by atoms with Gasteiger partial charge in [0.25, 0.3) is 0 Å². The monoisotopic (exact) mass is 329 g/mol. The van der Waals surface area contributed by atoms with E-state index in [1.807, 2.05) is 42.5 Å². The van der Waals surface area contributed by atoms with Crippen molar-refractivity contribution in [2.45, 2.75) is 6.42 Å². The average Bonchev–Trinajstić information content (AvgIpc) is 2.89. The van der Waals surface area contributed by atoms with Crippen LogP contribution in [0.15, 0.2) is 76.8 Å². The van der Waals surface area contributed by atoms with Crippen LogP contribution in [0, 0.1) is 0 Å². The second kappa shape index (κ2) is 6.20. The summed E-state index contributed by atoms with van der Waals surface area (Å²) < 4.78 is 1.62. The molecule has 1 aliphatic heterocycles. The third kappa shape index (κ3) is 2.87. The largest absolute Gasteiger partial charge is 0.503 e. The summed E-state index contributed by atoms with van der Waals surface area (Å²) in [6, 6.07) is 13.0. The molecule has 5 heteroatoms. The quantitative estimate of drug-likeness (QED) is 0.783. The third-order valence-corrected chi connectivity index (χ3v) is 4.08. The average molecular weight is 329 g/mol.